The van der Waals surface area contributed by atoms with E-state index in [0.717, 1.165) is 50.1 Å². The van der Waals surface area contributed by atoms with E-state index in [4.69, 9.17) is 0 Å². The third kappa shape index (κ3) is 3.53. The molecule has 0 aromatic carbocycles. The van der Waals surface area contributed by atoms with Crippen LogP contribution >= 0.6 is 0 Å². The summed E-state index contributed by atoms with van der Waals surface area (Å²) in [4.78, 5) is 19.0. The molecule has 0 radical (unpaired) electrons. The first kappa shape index (κ1) is 15.8. The largest absolute Gasteiger partial charge is 0.376 e. The van der Waals surface area contributed by atoms with Gasteiger partial charge in [-0.15, -0.1) is 0 Å². The normalized spacial score (nSPS) is 17.3. The third-order valence-corrected chi connectivity index (χ3v) is 4.30. The molecule has 0 bridgehead atoms. The van der Waals surface area contributed by atoms with Gasteiger partial charge in [0.05, 0.1) is 23.0 Å². The average molecular weight is 290 g/mol. The molecule has 0 aliphatic carbocycles. The maximum absolute atomic E-state index is 12.9. The monoisotopic (exact) mass is 290 g/mol. The zero-order chi connectivity index (χ0) is 15.3. The Morgan fingerprint density at radius 1 is 1.43 bits per heavy atom. The van der Waals surface area contributed by atoms with Crippen LogP contribution in [0.1, 0.15) is 32.6 Å². The van der Waals surface area contributed by atoms with Crippen LogP contribution in [0.5, 0.6) is 0 Å². The zero-order valence-electron chi connectivity index (χ0n) is 13.3. The molecule has 0 saturated carbocycles. The lowest BCUT2D eigenvalue weighted by Gasteiger charge is -2.36. The molecule has 5 nitrogen and oxygen atoms in total. The second-order valence-corrected chi connectivity index (χ2v) is 6.02. The summed E-state index contributed by atoms with van der Waals surface area (Å²) in [5.41, 5.74) is 1.54. The fourth-order valence-electron chi connectivity index (χ4n) is 3.10. The van der Waals surface area contributed by atoms with Crippen molar-refractivity contribution in [1.82, 2.24) is 10.3 Å². The van der Waals surface area contributed by atoms with Crippen molar-refractivity contribution in [2.24, 2.45) is 5.41 Å². The van der Waals surface area contributed by atoms with Crippen molar-refractivity contribution in [3.63, 3.8) is 0 Å². The standard InChI is InChI=1S/C16H26N4O/c1-4-6-16(7-10-17-11-8-16)15(21)19-13-12-18-9-5-14(13)20(2)3/h5,9,12,17H,4,6-8,10-11H2,1-3H3,(H,19,21). The molecule has 1 fully saturated rings. The average Bonchev–Trinajstić information content (AvgIpc) is 2.49. The lowest BCUT2D eigenvalue weighted by Crippen LogP contribution is -2.45. The molecule has 1 amide bonds. The van der Waals surface area contributed by atoms with E-state index in [9.17, 15) is 4.79 Å². The minimum absolute atomic E-state index is 0.141. The first-order chi connectivity index (χ1) is 10.1. The molecule has 21 heavy (non-hydrogen) atoms. The van der Waals surface area contributed by atoms with E-state index < -0.39 is 0 Å². The van der Waals surface area contributed by atoms with Crippen LogP contribution < -0.4 is 15.5 Å². The van der Waals surface area contributed by atoms with E-state index in [0.29, 0.717) is 0 Å². The van der Waals surface area contributed by atoms with Crippen molar-refractivity contribution < 1.29 is 4.79 Å². The van der Waals surface area contributed by atoms with Crippen LogP contribution in [-0.2, 0) is 4.79 Å². The van der Waals surface area contributed by atoms with E-state index in [-0.39, 0.29) is 11.3 Å². The van der Waals surface area contributed by atoms with Gasteiger partial charge in [-0.05, 0) is 38.4 Å². The van der Waals surface area contributed by atoms with Crippen LogP contribution in [0.25, 0.3) is 0 Å². The summed E-state index contributed by atoms with van der Waals surface area (Å²) in [5.74, 6) is 0.141. The van der Waals surface area contributed by atoms with Gasteiger partial charge in [-0.2, -0.15) is 0 Å². The van der Waals surface area contributed by atoms with Crippen LogP contribution in [0.2, 0.25) is 0 Å². The van der Waals surface area contributed by atoms with Gasteiger partial charge in [0.25, 0.3) is 0 Å². The number of aromatic nitrogens is 1. The predicted molar refractivity (Wildman–Crippen MR) is 86.6 cm³/mol. The van der Waals surface area contributed by atoms with Gasteiger partial charge in [0.2, 0.25) is 5.91 Å². The van der Waals surface area contributed by atoms with Crippen molar-refractivity contribution in [3.8, 4) is 0 Å². The molecule has 2 heterocycles. The molecule has 0 atom stereocenters. The van der Waals surface area contributed by atoms with Crippen molar-refractivity contribution in [2.45, 2.75) is 32.6 Å². The first-order valence-electron chi connectivity index (χ1n) is 7.72. The van der Waals surface area contributed by atoms with Gasteiger partial charge < -0.3 is 15.5 Å². The molecule has 116 valence electrons. The SMILES string of the molecule is CCCC1(C(=O)Nc2cnccc2N(C)C)CCNCC1. The van der Waals surface area contributed by atoms with Crippen molar-refractivity contribution >= 4 is 17.3 Å². The molecule has 0 unspecified atom stereocenters. The van der Waals surface area contributed by atoms with Gasteiger partial charge in [0.1, 0.15) is 0 Å². The minimum Gasteiger partial charge on any atom is -0.376 e. The van der Waals surface area contributed by atoms with Gasteiger partial charge in [0.15, 0.2) is 0 Å². The summed E-state index contributed by atoms with van der Waals surface area (Å²) in [5, 5.41) is 6.46. The number of rotatable bonds is 5. The van der Waals surface area contributed by atoms with Crippen molar-refractivity contribution in [2.75, 3.05) is 37.4 Å². The van der Waals surface area contributed by atoms with Crippen molar-refractivity contribution in [3.05, 3.63) is 18.5 Å². The quantitative estimate of drug-likeness (QED) is 0.873. The second kappa shape index (κ2) is 6.89. The molecule has 0 spiro atoms. The molecule has 1 aliphatic rings. The summed E-state index contributed by atoms with van der Waals surface area (Å²) >= 11 is 0. The van der Waals surface area contributed by atoms with Crippen LogP contribution in [-0.4, -0.2) is 38.1 Å². The molecule has 5 heteroatoms. The summed E-state index contributed by atoms with van der Waals surface area (Å²) in [6, 6.07) is 1.92. The lowest BCUT2D eigenvalue weighted by molar-refractivity contribution is -0.127. The highest BCUT2D eigenvalue weighted by molar-refractivity contribution is 5.98. The summed E-state index contributed by atoms with van der Waals surface area (Å²) in [6.45, 7) is 3.98. The van der Waals surface area contributed by atoms with Gasteiger partial charge in [0, 0.05) is 20.3 Å². The Hall–Kier alpha value is -1.62. The Bertz CT molecular complexity index is 475. The number of carbonyl (C=O) groups is 1. The molecule has 1 aromatic heterocycles. The fourth-order valence-corrected chi connectivity index (χ4v) is 3.10. The fraction of sp³-hybridized carbons (Fsp3) is 0.625. The van der Waals surface area contributed by atoms with E-state index in [1.807, 2.05) is 25.1 Å². The van der Waals surface area contributed by atoms with E-state index >= 15 is 0 Å². The van der Waals surface area contributed by atoms with Crippen molar-refractivity contribution in [1.29, 1.82) is 0 Å². The number of nitrogens with zero attached hydrogens (tertiary/aromatic N) is 2. The van der Waals surface area contributed by atoms with Crippen LogP contribution in [0.4, 0.5) is 11.4 Å². The maximum Gasteiger partial charge on any atom is 0.230 e. The zero-order valence-corrected chi connectivity index (χ0v) is 13.3. The predicted octanol–water partition coefficient (Wildman–Crippen LogP) is 2.26. The molecule has 1 aromatic rings. The minimum atomic E-state index is -0.237. The van der Waals surface area contributed by atoms with Crippen LogP contribution in [0.15, 0.2) is 18.5 Å². The molecule has 1 saturated heterocycles. The van der Waals surface area contributed by atoms with Gasteiger partial charge in [-0.1, -0.05) is 13.3 Å². The van der Waals surface area contributed by atoms with Crippen LogP contribution in [0, 0.1) is 5.41 Å². The second-order valence-electron chi connectivity index (χ2n) is 6.02. The molecular formula is C16H26N4O. The summed E-state index contributed by atoms with van der Waals surface area (Å²) < 4.78 is 0. The van der Waals surface area contributed by atoms with Gasteiger partial charge >= 0.3 is 0 Å². The maximum atomic E-state index is 12.9. The molecule has 1 aliphatic heterocycles. The van der Waals surface area contributed by atoms with Gasteiger partial charge in [-0.3, -0.25) is 9.78 Å². The van der Waals surface area contributed by atoms with Gasteiger partial charge in [-0.25, -0.2) is 0 Å². The number of nitrogens with one attached hydrogen (secondary N) is 2. The Morgan fingerprint density at radius 2 is 2.14 bits per heavy atom. The van der Waals surface area contributed by atoms with E-state index in [1.54, 1.807) is 12.4 Å². The third-order valence-electron chi connectivity index (χ3n) is 4.30. The Kier molecular flexibility index (Phi) is 5.17. The highest BCUT2D eigenvalue weighted by Gasteiger charge is 2.38. The number of pyridine rings is 1. The lowest BCUT2D eigenvalue weighted by atomic mass is 9.74. The summed E-state index contributed by atoms with van der Waals surface area (Å²) in [6.07, 6.45) is 7.26. The number of hydrogen-bond donors (Lipinski definition) is 2. The summed E-state index contributed by atoms with van der Waals surface area (Å²) in [7, 11) is 3.94. The van der Waals surface area contributed by atoms with Crippen LogP contribution in [0.3, 0.4) is 0 Å². The highest BCUT2D eigenvalue weighted by Crippen LogP contribution is 2.36. The number of piperidine rings is 1. The molecule has 2 rings (SSSR count). The number of carbonyl (C=O) groups excluding carboxylic acids is 1. The Balaban J connectivity index is 2.19. The number of anilines is 2. The van der Waals surface area contributed by atoms with E-state index in [1.165, 1.54) is 0 Å². The Morgan fingerprint density at radius 3 is 2.76 bits per heavy atom. The number of amides is 1. The molecule has 2 N–H and O–H groups in total. The topological polar surface area (TPSA) is 57.3 Å². The smallest absolute Gasteiger partial charge is 0.230 e. The highest BCUT2D eigenvalue weighted by atomic mass is 16.2. The molecular weight excluding hydrogens is 264 g/mol. The number of hydrogen-bond acceptors (Lipinski definition) is 4. The first-order valence-corrected chi connectivity index (χ1v) is 7.72. The van der Waals surface area contributed by atoms with E-state index in [2.05, 4.69) is 22.5 Å². The Labute approximate surface area is 127 Å².